The number of piperazine rings is 1. The molecule has 3 heterocycles. The zero-order valence-electron chi connectivity index (χ0n) is 19.2. The summed E-state index contributed by atoms with van der Waals surface area (Å²) in [5.74, 6) is -0.751. The molecule has 2 aliphatic rings. The van der Waals surface area contributed by atoms with E-state index in [4.69, 9.17) is 4.74 Å². The second-order valence-corrected chi connectivity index (χ2v) is 8.76. The lowest BCUT2D eigenvalue weighted by molar-refractivity contribution is 0.0628. The number of likely N-dealkylation sites (tertiary alicyclic amines) is 1. The number of rotatable bonds is 3. The first-order chi connectivity index (χ1) is 17.0. The molecule has 1 N–H and O–H groups in total. The molecule has 0 radical (unpaired) electrons. The van der Waals surface area contributed by atoms with Crippen molar-refractivity contribution < 1.29 is 18.7 Å². The van der Waals surface area contributed by atoms with Crippen molar-refractivity contribution in [2.45, 2.75) is 19.3 Å². The van der Waals surface area contributed by atoms with Crippen LogP contribution in [0.5, 0.6) is 11.6 Å². The maximum atomic E-state index is 14.6. The molecule has 0 bridgehead atoms. The van der Waals surface area contributed by atoms with E-state index in [2.05, 4.69) is 10.2 Å². The molecule has 0 saturated carbocycles. The molecule has 5 rings (SSSR count). The monoisotopic (exact) mass is 479 g/mol. The Kier molecular flexibility index (Phi) is 6.35. The predicted octanol–water partition coefficient (Wildman–Crippen LogP) is 3.22. The van der Waals surface area contributed by atoms with Gasteiger partial charge in [0.15, 0.2) is 0 Å². The highest BCUT2D eigenvalue weighted by Crippen LogP contribution is 2.27. The highest BCUT2D eigenvalue weighted by molar-refractivity contribution is 5.95. The van der Waals surface area contributed by atoms with Gasteiger partial charge in [-0.05, 0) is 49.6 Å². The van der Waals surface area contributed by atoms with Crippen molar-refractivity contribution in [2.24, 2.45) is 0 Å². The molecule has 0 atom stereocenters. The van der Waals surface area contributed by atoms with Gasteiger partial charge in [0.05, 0.1) is 16.3 Å². The van der Waals surface area contributed by atoms with Gasteiger partial charge < -0.3 is 19.4 Å². The second kappa shape index (κ2) is 9.73. The van der Waals surface area contributed by atoms with E-state index < -0.39 is 11.7 Å². The Bertz CT molecular complexity index is 1310. The molecule has 2 fully saturated rings. The average molecular weight is 480 g/mol. The minimum absolute atomic E-state index is 0.0130. The van der Waals surface area contributed by atoms with Crippen LogP contribution in [0.3, 0.4) is 0 Å². The number of urea groups is 1. The first-order valence-corrected chi connectivity index (χ1v) is 11.8. The predicted molar refractivity (Wildman–Crippen MR) is 127 cm³/mol. The molecule has 0 unspecified atom stereocenters. The highest BCUT2D eigenvalue weighted by Gasteiger charge is 2.29. The smallest absolute Gasteiger partial charge is 0.320 e. The Morgan fingerprint density at radius 3 is 2.26 bits per heavy atom. The van der Waals surface area contributed by atoms with Crippen molar-refractivity contribution in [3.05, 3.63) is 64.2 Å². The molecule has 3 amide bonds. The van der Waals surface area contributed by atoms with Gasteiger partial charge in [0.1, 0.15) is 11.6 Å². The minimum Gasteiger partial charge on any atom is -0.437 e. The number of nitrogens with zero attached hydrogens (tertiary/aromatic N) is 4. The number of benzene rings is 2. The van der Waals surface area contributed by atoms with E-state index in [0.717, 1.165) is 32.4 Å². The fourth-order valence-electron chi connectivity index (χ4n) is 4.57. The summed E-state index contributed by atoms with van der Waals surface area (Å²) >= 11 is 0. The van der Waals surface area contributed by atoms with Crippen molar-refractivity contribution in [2.75, 3.05) is 39.3 Å². The summed E-state index contributed by atoms with van der Waals surface area (Å²) in [4.78, 5) is 43.0. The number of halogens is 1. The van der Waals surface area contributed by atoms with E-state index in [1.165, 1.54) is 18.2 Å². The van der Waals surface area contributed by atoms with Gasteiger partial charge in [-0.1, -0.05) is 12.1 Å². The summed E-state index contributed by atoms with van der Waals surface area (Å²) in [6.07, 6.45) is 3.19. The quantitative estimate of drug-likeness (QED) is 0.622. The normalized spacial score (nSPS) is 16.4. The van der Waals surface area contributed by atoms with Crippen LogP contribution >= 0.6 is 0 Å². The number of carbonyl (C=O) groups excluding carboxylic acids is 2. The number of piperidine rings is 1. The van der Waals surface area contributed by atoms with E-state index in [1.54, 1.807) is 34.1 Å². The molecule has 10 heteroatoms. The lowest BCUT2D eigenvalue weighted by Gasteiger charge is -2.38. The van der Waals surface area contributed by atoms with Gasteiger partial charge >= 0.3 is 6.03 Å². The fourth-order valence-corrected chi connectivity index (χ4v) is 4.57. The van der Waals surface area contributed by atoms with E-state index >= 15 is 0 Å². The minimum atomic E-state index is -0.659. The number of H-pyrrole nitrogens is 1. The number of amides is 3. The Hall–Kier alpha value is -3.95. The van der Waals surface area contributed by atoms with Crippen LogP contribution in [0.15, 0.2) is 47.3 Å². The summed E-state index contributed by atoms with van der Waals surface area (Å²) in [5, 5.41) is 7.26. The molecule has 1 aromatic heterocycles. The van der Waals surface area contributed by atoms with Gasteiger partial charge in [0.2, 0.25) is 5.88 Å². The Labute approximate surface area is 201 Å². The number of carbonyl (C=O) groups is 2. The Balaban J connectivity index is 1.29. The van der Waals surface area contributed by atoms with Gasteiger partial charge in [0.25, 0.3) is 11.5 Å². The van der Waals surface area contributed by atoms with Crippen LogP contribution in [0.4, 0.5) is 9.18 Å². The van der Waals surface area contributed by atoms with E-state index in [0.29, 0.717) is 37.0 Å². The third-order valence-electron chi connectivity index (χ3n) is 6.51. The second-order valence-electron chi connectivity index (χ2n) is 8.76. The molecule has 2 saturated heterocycles. The molecular weight excluding hydrogens is 453 g/mol. The van der Waals surface area contributed by atoms with Crippen LogP contribution in [0.2, 0.25) is 0 Å². The first kappa shape index (κ1) is 22.8. The number of hydrogen-bond donors (Lipinski definition) is 1. The molecule has 0 spiro atoms. The molecule has 35 heavy (non-hydrogen) atoms. The summed E-state index contributed by atoms with van der Waals surface area (Å²) in [7, 11) is 0. The van der Waals surface area contributed by atoms with Crippen LogP contribution in [0.1, 0.15) is 29.6 Å². The van der Waals surface area contributed by atoms with Crippen LogP contribution in [0, 0.1) is 5.82 Å². The number of fused-ring (bicyclic) bond motifs is 1. The fraction of sp³-hybridized carbons (Fsp3) is 0.360. The van der Waals surface area contributed by atoms with Crippen molar-refractivity contribution in [3.63, 3.8) is 0 Å². The van der Waals surface area contributed by atoms with Crippen molar-refractivity contribution in [3.8, 4) is 11.6 Å². The van der Waals surface area contributed by atoms with Crippen LogP contribution in [0.25, 0.3) is 10.8 Å². The summed E-state index contributed by atoms with van der Waals surface area (Å²) < 4.78 is 20.4. The highest BCUT2D eigenvalue weighted by atomic mass is 19.1. The zero-order valence-corrected chi connectivity index (χ0v) is 19.2. The molecule has 182 valence electrons. The zero-order chi connectivity index (χ0) is 24.4. The van der Waals surface area contributed by atoms with Crippen molar-refractivity contribution >= 4 is 22.7 Å². The lowest BCUT2D eigenvalue weighted by atomic mass is 10.1. The maximum absolute atomic E-state index is 14.6. The molecule has 0 aliphatic carbocycles. The summed E-state index contributed by atoms with van der Waals surface area (Å²) in [6, 6.07) is 10.8. The molecular formula is C25H26FN5O4. The van der Waals surface area contributed by atoms with E-state index in [1.807, 2.05) is 4.90 Å². The Morgan fingerprint density at radius 1 is 0.857 bits per heavy atom. The number of aromatic nitrogens is 2. The van der Waals surface area contributed by atoms with Crippen molar-refractivity contribution in [1.29, 1.82) is 0 Å². The third kappa shape index (κ3) is 4.68. The lowest BCUT2D eigenvalue weighted by Crippen LogP contribution is -2.54. The van der Waals surface area contributed by atoms with Crippen LogP contribution in [-0.4, -0.2) is 76.1 Å². The van der Waals surface area contributed by atoms with Crippen molar-refractivity contribution in [1.82, 2.24) is 24.9 Å². The summed E-state index contributed by atoms with van der Waals surface area (Å²) in [6.45, 7) is 3.02. The van der Waals surface area contributed by atoms with Gasteiger partial charge in [-0.2, -0.15) is 0 Å². The van der Waals surface area contributed by atoms with Gasteiger partial charge in [-0.25, -0.2) is 14.3 Å². The van der Waals surface area contributed by atoms with Crippen LogP contribution < -0.4 is 10.3 Å². The summed E-state index contributed by atoms with van der Waals surface area (Å²) in [5.41, 5.74) is -0.465. The van der Waals surface area contributed by atoms with Gasteiger partial charge in [-0.15, -0.1) is 5.10 Å². The number of ether oxygens (including phenoxy) is 1. The molecule has 9 nitrogen and oxygen atoms in total. The molecule has 2 aliphatic heterocycles. The first-order valence-electron chi connectivity index (χ1n) is 11.8. The number of nitrogens with one attached hydrogen (secondary N) is 1. The molecule has 2 aromatic carbocycles. The number of hydrogen-bond acceptors (Lipinski definition) is 5. The average Bonchev–Trinajstić information content (AvgIpc) is 2.91. The standard InChI is InChI=1S/C25H26FN5O4/c26-21-9-8-17(35-23-19-7-3-2-6-18(19)22(32)27-28-23)16-20(21)24(33)29-12-14-31(15-13-29)25(34)30-10-4-1-5-11-30/h2-3,6-9,16H,1,4-5,10-15H2,(H,27,32). The maximum Gasteiger partial charge on any atom is 0.320 e. The van der Waals surface area contributed by atoms with E-state index in [9.17, 15) is 18.8 Å². The molecule has 3 aromatic rings. The van der Waals surface area contributed by atoms with E-state index in [-0.39, 0.29) is 28.8 Å². The topological polar surface area (TPSA) is 98.8 Å². The van der Waals surface area contributed by atoms with Gasteiger partial charge in [-0.3, -0.25) is 9.59 Å². The Morgan fingerprint density at radius 2 is 1.51 bits per heavy atom. The SMILES string of the molecule is O=C(c1cc(Oc2n[nH]c(=O)c3ccccc23)ccc1F)N1CCN(C(=O)N2CCCCC2)CC1. The van der Waals surface area contributed by atoms with Crippen LogP contribution in [-0.2, 0) is 0 Å². The van der Waals surface area contributed by atoms with Gasteiger partial charge in [0, 0.05) is 39.3 Å². The number of aromatic amines is 1. The third-order valence-corrected chi connectivity index (χ3v) is 6.51. The largest absolute Gasteiger partial charge is 0.437 e.